The Labute approximate surface area is 195 Å². The number of hydrogen-bond acceptors (Lipinski definition) is 4. The Morgan fingerprint density at radius 2 is 1.06 bits per heavy atom. The van der Waals surface area contributed by atoms with Crippen molar-refractivity contribution in [1.29, 1.82) is 0 Å². The van der Waals surface area contributed by atoms with Crippen molar-refractivity contribution in [3.8, 4) is 0 Å². The van der Waals surface area contributed by atoms with Gasteiger partial charge in [-0.3, -0.25) is 0 Å². The summed E-state index contributed by atoms with van der Waals surface area (Å²) in [5.41, 5.74) is 4.62. The Bertz CT molecular complexity index is 866. The van der Waals surface area contributed by atoms with Gasteiger partial charge in [-0.2, -0.15) is 12.6 Å². The Morgan fingerprint density at radius 3 is 1.62 bits per heavy atom. The normalized spacial score (nSPS) is 11.6. The molecule has 3 aromatic carbocycles. The molecule has 0 N–H and O–H groups in total. The van der Waals surface area contributed by atoms with Crippen LogP contribution in [0.3, 0.4) is 0 Å². The second-order valence-electron chi connectivity index (χ2n) is 7.38. The van der Waals surface area contributed by atoms with E-state index in [4.69, 9.17) is 26.8 Å². The van der Waals surface area contributed by atoms with E-state index < -0.39 is 11.4 Å². The first-order valence-electron chi connectivity index (χ1n) is 11.0. The lowest BCUT2D eigenvalue weighted by Gasteiger charge is -2.32. The molecule has 0 amide bonds. The molecule has 32 heavy (non-hydrogen) atoms. The standard InChI is InChI=1S/C27H31FO3S/c28-16-18-30-20-22-31-21-19-29-17-15-23-9-7-8-14-26(23)27(32,24-10-3-1-4-11-24)25-12-5-2-6-13-25/h1-14,32H,15-22H2. The third kappa shape index (κ3) is 6.66. The van der Waals surface area contributed by atoms with E-state index in [0.717, 1.165) is 23.1 Å². The molecule has 0 heterocycles. The predicted molar refractivity (Wildman–Crippen MR) is 130 cm³/mol. The molecule has 0 aromatic heterocycles. The summed E-state index contributed by atoms with van der Waals surface area (Å²) in [7, 11) is 0. The van der Waals surface area contributed by atoms with E-state index in [2.05, 4.69) is 72.8 Å². The van der Waals surface area contributed by atoms with Gasteiger partial charge in [0.2, 0.25) is 0 Å². The minimum Gasteiger partial charge on any atom is -0.379 e. The molecule has 0 saturated carbocycles. The van der Waals surface area contributed by atoms with Crippen LogP contribution in [-0.4, -0.2) is 46.3 Å². The van der Waals surface area contributed by atoms with E-state index in [1.807, 2.05) is 12.1 Å². The average molecular weight is 455 g/mol. The summed E-state index contributed by atoms with van der Waals surface area (Å²) in [6, 6.07) is 29.2. The molecular weight excluding hydrogens is 423 g/mol. The second kappa shape index (κ2) is 13.4. The Balaban J connectivity index is 1.65. The van der Waals surface area contributed by atoms with E-state index in [1.54, 1.807) is 0 Å². The molecule has 0 unspecified atom stereocenters. The highest BCUT2D eigenvalue weighted by Crippen LogP contribution is 2.44. The van der Waals surface area contributed by atoms with Crippen LogP contribution in [0.2, 0.25) is 0 Å². The fourth-order valence-corrected chi connectivity index (χ4v) is 4.22. The number of rotatable bonds is 14. The minimum absolute atomic E-state index is 0.123. The van der Waals surface area contributed by atoms with Crippen LogP contribution in [0.25, 0.3) is 0 Å². The van der Waals surface area contributed by atoms with Gasteiger partial charge in [0, 0.05) is 0 Å². The smallest absolute Gasteiger partial charge is 0.113 e. The highest BCUT2D eigenvalue weighted by molar-refractivity contribution is 7.81. The highest BCUT2D eigenvalue weighted by Gasteiger charge is 2.33. The van der Waals surface area contributed by atoms with Crippen LogP contribution in [-0.2, 0) is 25.4 Å². The van der Waals surface area contributed by atoms with Gasteiger partial charge in [-0.15, -0.1) is 0 Å². The zero-order valence-corrected chi connectivity index (χ0v) is 19.2. The molecule has 3 nitrogen and oxygen atoms in total. The van der Waals surface area contributed by atoms with Crippen molar-refractivity contribution in [2.45, 2.75) is 11.2 Å². The van der Waals surface area contributed by atoms with Crippen LogP contribution < -0.4 is 0 Å². The van der Waals surface area contributed by atoms with Crippen LogP contribution in [0.4, 0.5) is 4.39 Å². The average Bonchev–Trinajstić information content (AvgIpc) is 2.86. The predicted octanol–water partition coefficient (Wildman–Crippen LogP) is 5.47. The molecule has 0 fully saturated rings. The summed E-state index contributed by atoms with van der Waals surface area (Å²) in [5, 5.41) is 0. The molecule has 170 valence electrons. The van der Waals surface area contributed by atoms with Crippen LogP contribution in [0, 0.1) is 0 Å². The van der Waals surface area contributed by atoms with E-state index in [-0.39, 0.29) is 6.61 Å². The quantitative estimate of drug-likeness (QED) is 0.199. The molecule has 0 aliphatic heterocycles. The zero-order chi connectivity index (χ0) is 22.5. The minimum atomic E-state index is -0.568. The van der Waals surface area contributed by atoms with Gasteiger partial charge in [0.05, 0.1) is 44.4 Å². The van der Waals surface area contributed by atoms with Crippen molar-refractivity contribution in [3.63, 3.8) is 0 Å². The van der Waals surface area contributed by atoms with Crippen molar-refractivity contribution in [2.24, 2.45) is 0 Å². The molecule has 0 aliphatic carbocycles. The topological polar surface area (TPSA) is 27.7 Å². The van der Waals surface area contributed by atoms with Crippen molar-refractivity contribution < 1.29 is 18.6 Å². The first-order chi connectivity index (χ1) is 15.8. The van der Waals surface area contributed by atoms with Gasteiger partial charge in [-0.25, -0.2) is 4.39 Å². The SMILES string of the molecule is FCCOCCOCCOCCc1ccccc1C(S)(c1ccccc1)c1ccccc1. The Morgan fingerprint density at radius 1 is 0.594 bits per heavy atom. The zero-order valence-electron chi connectivity index (χ0n) is 18.3. The molecule has 0 spiro atoms. The lowest BCUT2D eigenvalue weighted by atomic mass is 9.81. The first-order valence-corrected chi connectivity index (χ1v) is 11.4. The van der Waals surface area contributed by atoms with Gasteiger partial charge in [0.1, 0.15) is 6.67 Å². The van der Waals surface area contributed by atoms with Crippen LogP contribution in [0.1, 0.15) is 22.3 Å². The largest absolute Gasteiger partial charge is 0.379 e. The Kier molecular flexibility index (Phi) is 10.2. The summed E-state index contributed by atoms with van der Waals surface area (Å²) in [6.07, 6.45) is 0.776. The summed E-state index contributed by atoms with van der Waals surface area (Å²) < 4.78 is 27.7. The van der Waals surface area contributed by atoms with Crippen molar-refractivity contribution in [1.82, 2.24) is 0 Å². The van der Waals surface area contributed by atoms with Gasteiger partial charge >= 0.3 is 0 Å². The van der Waals surface area contributed by atoms with Gasteiger partial charge in [0.25, 0.3) is 0 Å². The Hall–Kier alpha value is -2.18. The van der Waals surface area contributed by atoms with Gasteiger partial charge < -0.3 is 14.2 Å². The molecule has 5 heteroatoms. The molecular formula is C27H31FO3S. The van der Waals surface area contributed by atoms with Gasteiger partial charge in [-0.1, -0.05) is 84.9 Å². The van der Waals surface area contributed by atoms with E-state index in [1.165, 1.54) is 5.56 Å². The maximum Gasteiger partial charge on any atom is 0.113 e. The molecule has 0 saturated heterocycles. The fourth-order valence-electron chi connectivity index (χ4n) is 3.71. The first kappa shape index (κ1) is 24.5. The van der Waals surface area contributed by atoms with E-state index in [0.29, 0.717) is 33.0 Å². The third-order valence-electron chi connectivity index (χ3n) is 5.27. The van der Waals surface area contributed by atoms with Crippen LogP contribution >= 0.6 is 12.6 Å². The van der Waals surface area contributed by atoms with Crippen LogP contribution in [0.5, 0.6) is 0 Å². The van der Waals surface area contributed by atoms with Crippen LogP contribution in [0.15, 0.2) is 84.9 Å². The summed E-state index contributed by atoms with van der Waals surface area (Å²) in [5.74, 6) is 0. The van der Waals surface area contributed by atoms with Crippen molar-refractivity contribution in [3.05, 3.63) is 107 Å². The second-order valence-corrected chi connectivity index (χ2v) is 8.05. The molecule has 3 rings (SSSR count). The van der Waals surface area contributed by atoms with E-state index >= 15 is 0 Å². The lowest BCUT2D eigenvalue weighted by Crippen LogP contribution is -2.24. The summed E-state index contributed by atoms with van der Waals surface area (Å²) in [6.45, 7) is 2.10. The molecule has 0 aliphatic rings. The third-order valence-corrected chi connectivity index (χ3v) is 6.03. The monoisotopic (exact) mass is 454 g/mol. The van der Waals surface area contributed by atoms with Gasteiger partial charge in [0.15, 0.2) is 0 Å². The molecule has 0 radical (unpaired) electrons. The number of benzene rings is 3. The number of ether oxygens (including phenoxy) is 3. The maximum atomic E-state index is 12.0. The highest BCUT2D eigenvalue weighted by atomic mass is 32.1. The number of thiol groups is 1. The molecule has 0 bridgehead atoms. The molecule has 3 aromatic rings. The summed E-state index contributed by atoms with van der Waals surface area (Å²) >= 11 is 5.29. The van der Waals surface area contributed by atoms with Crippen molar-refractivity contribution in [2.75, 3.05) is 46.3 Å². The number of alkyl halides is 1. The lowest BCUT2D eigenvalue weighted by molar-refractivity contribution is 0.0128. The number of hydrogen-bond donors (Lipinski definition) is 1. The number of halogens is 1. The fraction of sp³-hybridized carbons (Fsp3) is 0.333. The van der Waals surface area contributed by atoms with Crippen molar-refractivity contribution >= 4 is 12.6 Å². The van der Waals surface area contributed by atoms with E-state index in [9.17, 15) is 4.39 Å². The maximum absolute atomic E-state index is 12.0. The summed E-state index contributed by atoms with van der Waals surface area (Å²) in [4.78, 5) is 0. The van der Waals surface area contributed by atoms with Gasteiger partial charge in [-0.05, 0) is 28.7 Å². The molecule has 0 atom stereocenters.